The summed E-state index contributed by atoms with van der Waals surface area (Å²) >= 11 is 0. The first-order chi connectivity index (χ1) is 5.63. The maximum atomic E-state index is 10.6. The van der Waals surface area contributed by atoms with Gasteiger partial charge in [0.15, 0.2) is 5.71 Å². The number of carbonyl (C=O) groups is 2. The molecular formula is C5H6N5O2. The molecule has 7 heteroatoms. The minimum atomic E-state index is -0.831. The van der Waals surface area contributed by atoms with Gasteiger partial charge in [-0.1, -0.05) is 0 Å². The molecule has 0 spiro atoms. The van der Waals surface area contributed by atoms with E-state index in [4.69, 9.17) is 11.5 Å². The molecule has 2 amide bonds. The molecule has 0 saturated carbocycles. The molecule has 0 unspecified atom stereocenters. The first-order valence-electron chi connectivity index (χ1n) is 2.95. The Kier molecular flexibility index (Phi) is 1.95. The van der Waals surface area contributed by atoms with E-state index in [1.807, 2.05) is 0 Å². The largest absolute Gasteiger partial charge is 0.365 e. The van der Waals surface area contributed by atoms with Gasteiger partial charge in [0.25, 0.3) is 11.8 Å². The number of primary amides is 2. The first kappa shape index (κ1) is 8.05. The molecule has 0 aliphatic carbocycles. The second kappa shape index (κ2) is 2.91. The molecule has 0 aromatic heterocycles. The average Bonchev–Trinajstić information content (AvgIpc) is 2.04. The van der Waals surface area contributed by atoms with Gasteiger partial charge in [-0.05, 0) is 0 Å². The van der Waals surface area contributed by atoms with Gasteiger partial charge in [0.1, 0.15) is 0 Å². The van der Waals surface area contributed by atoms with E-state index in [1.54, 1.807) is 0 Å². The Labute approximate surface area is 67.4 Å². The Hall–Kier alpha value is -2.05. The van der Waals surface area contributed by atoms with Gasteiger partial charge in [-0.25, -0.2) is 0 Å². The Bertz CT molecular complexity index is 262. The van der Waals surface area contributed by atoms with E-state index < -0.39 is 11.8 Å². The van der Waals surface area contributed by atoms with Crippen LogP contribution in [0.15, 0.2) is 16.9 Å². The van der Waals surface area contributed by atoms with Crippen molar-refractivity contribution < 1.29 is 9.59 Å². The number of carbonyl (C=O) groups excluding carboxylic acids is 2. The second-order valence-corrected chi connectivity index (χ2v) is 1.96. The molecule has 7 nitrogen and oxygen atoms in total. The molecule has 1 aliphatic heterocycles. The van der Waals surface area contributed by atoms with Crippen LogP contribution in [0.25, 0.3) is 0 Å². The standard InChI is InChI=1S/C5H6N5O2/c6-4(11)2-1-8-10-9-3(2)5(7)12/h1,10H,(H2,6,11)(H2,7,12). The van der Waals surface area contributed by atoms with Crippen LogP contribution >= 0.6 is 0 Å². The van der Waals surface area contributed by atoms with Gasteiger partial charge in [0, 0.05) is 0 Å². The zero-order valence-electron chi connectivity index (χ0n) is 5.94. The molecule has 1 aliphatic rings. The number of nitrogens with two attached hydrogens (primary N) is 2. The van der Waals surface area contributed by atoms with Gasteiger partial charge in [0.05, 0.1) is 11.8 Å². The zero-order valence-corrected chi connectivity index (χ0v) is 5.94. The molecule has 0 atom stereocenters. The summed E-state index contributed by atoms with van der Waals surface area (Å²) in [6, 6.07) is 0. The fourth-order valence-corrected chi connectivity index (χ4v) is 0.662. The van der Waals surface area contributed by atoms with Crippen molar-refractivity contribution >= 4 is 17.5 Å². The molecule has 1 radical (unpaired) electrons. The predicted molar refractivity (Wildman–Crippen MR) is 39.2 cm³/mol. The summed E-state index contributed by atoms with van der Waals surface area (Å²) in [5.41, 5.74) is 15.0. The van der Waals surface area contributed by atoms with Crippen LogP contribution in [0.3, 0.4) is 0 Å². The van der Waals surface area contributed by atoms with E-state index in [2.05, 4.69) is 16.1 Å². The third kappa shape index (κ3) is 1.34. The first-order valence-corrected chi connectivity index (χ1v) is 2.95. The highest BCUT2D eigenvalue weighted by Crippen LogP contribution is 1.98. The molecule has 12 heavy (non-hydrogen) atoms. The second-order valence-electron chi connectivity index (χ2n) is 1.96. The van der Waals surface area contributed by atoms with Crippen molar-refractivity contribution in [3.8, 4) is 0 Å². The monoisotopic (exact) mass is 168 g/mol. The minimum absolute atomic E-state index is 0.0961. The SMILES string of the molecule is NC(=O)C1=C[N]NN=C1C(N)=O. The number of hydrazone groups is 1. The van der Waals surface area contributed by atoms with E-state index in [-0.39, 0.29) is 11.3 Å². The highest BCUT2D eigenvalue weighted by atomic mass is 16.2. The van der Waals surface area contributed by atoms with E-state index in [9.17, 15) is 9.59 Å². The maximum absolute atomic E-state index is 10.6. The molecule has 0 aromatic carbocycles. The summed E-state index contributed by atoms with van der Waals surface area (Å²) in [6.07, 6.45) is 1.09. The molecule has 0 bridgehead atoms. The Morgan fingerprint density at radius 1 is 1.33 bits per heavy atom. The van der Waals surface area contributed by atoms with Crippen molar-refractivity contribution in [1.82, 2.24) is 11.0 Å². The van der Waals surface area contributed by atoms with Crippen LogP contribution in [-0.4, -0.2) is 17.5 Å². The molecule has 63 valence electrons. The maximum Gasteiger partial charge on any atom is 0.270 e. The van der Waals surface area contributed by atoms with Crippen LogP contribution < -0.4 is 22.4 Å². The van der Waals surface area contributed by atoms with Crippen LogP contribution in [0, 0.1) is 0 Å². The number of nitrogens with one attached hydrogen (secondary N) is 1. The molecule has 0 aromatic rings. The molecular weight excluding hydrogens is 162 g/mol. The summed E-state index contributed by atoms with van der Waals surface area (Å²) in [5.74, 6) is -1.62. The number of nitrogens with zero attached hydrogens (tertiary/aromatic N) is 2. The van der Waals surface area contributed by atoms with Gasteiger partial charge in [-0.2, -0.15) is 16.1 Å². The quantitative estimate of drug-likeness (QED) is 0.416. The van der Waals surface area contributed by atoms with Crippen LogP contribution in [-0.2, 0) is 9.59 Å². The lowest BCUT2D eigenvalue weighted by atomic mass is 10.1. The fraction of sp³-hybridized carbons (Fsp3) is 0. The summed E-state index contributed by atoms with van der Waals surface area (Å²) in [4.78, 5) is 21.3. The minimum Gasteiger partial charge on any atom is -0.365 e. The zero-order chi connectivity index (χ0) is 9.14. The molecule has 1 heterocycles. The van der Waals surface area contributed by atoms with Crippen LogP contribution in [0.5, 0.6) is 0 Å². The van der Waals surface area contributed by atoms with E-state index in [1.165, 1.54) is 0 Å². The molecule has 0 saturated heterocycles. The predicted octanol–water partition coefficient (Wildman–Crippen LogP) is -2.68. The molecule has 0 fully saturated rings. The highest BCUT2D eigenvalue weighted by Gasteiger charge is 2.21. The third-order valence-electron chi connectivity index (χ3n) is 1.17. The van der Waals surface area contributed by atoms with Gasteiger partial charge in [0.2, 0.25) is 0 Å². The van der Waals surface area contributed by atoms with Crippen molar-refractivity contribution in [2.75, 3.05) is 0 Å². The van der Waals surface area contributed by atoms with Gasteiger partial charge in [-0.15, -0.1) is 0 Å². The smallest absolute Gasteiger partial charge is 0.270 e. The van der Waals surface area contributed by atoms with E-state index >= 15 is 0 Å². The summed E-state index contributed by atoms with van der Waals surface area (Å²) in [5, 5.41) is 3.39. The number of rotatable bonds is 2. The Balaban J connectivity index is 2.98. The number of amides is 2. The van der Waals surface area contributed by atoms with Crippen LogP contribution in [0.1, 0.15) is 0 Å². The van der Waals surface area contributed by atoms with Crippen molar-refractivity contribution in [2.24, 2.45) is 16.6 Å². The number of hydrogen-bond acceptors (Lipinski definition) is 4. The fourth-order valence-electron chi connectivity index (χ4n) is 0.662. The number of hydrogen-bond donors (Lipinski definition) is 3. The summed E-state index contributed by atoms with van der Waals surface area (Å²) < 4.78 is 0. The Morgan fingerprint density at radius 3 is 2.42 bits per heavy atom. The summed E-state index contributed by atoms with van der Waals surface area (Å²) in [7, 11) is 0. The lowest BCUT2D eigenvalue weighted by Gasteiger charge is -2.08. The van der Waals surface area contributed by atoms with Crippen molar-refractivity contribution in [1.29, 1.82) is 0 Å². The summed E-state index contributed by atoms with van der Waals surface area (Å²) in [6.45, 7) is 0. The normalized spacial score (nSPS) is 15.0. The molecule has 1 rings (SSSR count). The van der Waals surface area contributed by atoms with Crippen molar-refractivity contribution in [3.05, 3.63) is 11.8 Å². The van der Waals surface area contributed by atoms with Crippen molar-refractivity contribution in [3.63, 3.8) is 0 Å². The van der Waals surface area contributed by atoms with Gasteiger partial charge < -0.3 is 11.5 Å². The van der Waals surface area contributed by atoms with E-state index in [0.29, 0.717) is 0 Å². The Morgan fingerprint density at radius 2 is 2.00 bits per heavy atom. The highest BCUT2D eigenvalue weighted by molar-refractivity contribution is 6.50. The van der Waals surface area contributed by atoms with Gasteiger partial charge >= 0.3 is 0 Å². The lowest BCUT2D eigenvalue weighted by Crippen LogP contribution is -2.37. The lowest BCUT2D eigenvalue weighted by molar-refractivity contribution is -0.115. The molecule has 5 N–H and O–H groups in total. The third-order valence-corrected chi connectivity index (χ3v) is 1.17. The van der Waals surface area contributed by atoms with E-state index in [0.717, 1.165) is 6.20 Å². The van der Waals surface area contributed by atoms with Gasteiger partial charge in [-0.3, -0.25) is 9.59 Å². The average molecular weight is 168 g/mol. The topological polar surface area (TPSA) is 125 Å². The van der Waals surface area contributed by atoms with Crippen molar-refractivity contribution in [2.45, 2.75) is 0 Å². The van der Waals surface area contributed by atoms with Crippen LogP contribution in [0.2, 0.25) is 0 Å². The van der Waals surface area contributed by atoms with Crippen LogP contribution in [0.4, 0.5) is 0 Å².